The van der Waals surface area contributed by atoms with Crippen LogP contribution in [-0.2, 0) is 0 Å². The number of pyridine rings is 1. The van der Waals surface area contributed by atoms with E-state index < -0.39 is 6.04 Å². The van der Waals surface area contributed by atoms with Crippen molar-refractivity contribution in [2.75, 3.05) is 14.2 Å². The van der Waals surface area contributed by atoms with Crippen LogP contribution in [-0.4, -0.2) is 19.2 Å². The lowest BCUT2D eigenvalue weighted by Gasteiger charge is -2.17. The zero-order valence-corrected chi connectivity index (χ0v) is 10.8. The van der Waals surface area contributed by atoms with Gasteiger partial charge in [-0.2, -0.15) is 0 Å². The lowest BCUT2D eigenvalue weighted by molar-refractivity contribution is 0.387. The molecule has 2 rings (SSSR count). The van der Waals surface area contributed by atoms with E-state index in [1.807, 2.05) is 0 Å². The van der Waals surface area contributed by atoms with Crippen LogP contribution in [0.3, 0.4) is 0 Å². The highest BCUT2D eigenvalue weighted by atomic mass is 19.1. The zero-order valence-electron chi connectivity index (χ0n) is 10.8. The maximum Gasteiger partial charge on any atom is 0.218 e. The number of hydrogen-bond acceptors (Lipinski definition) is 4. The lowest BCUT2D eigenvalue weighted by Crippen LogP contribution is -2.15. The normalized spacial score (nSPS) is 12.0. The molecule has 1 atom stereocenters. The van der Waals surface area contributed by atoms with Crippen LogP contribution in [0.4, 0.5) is 4.39 Å². The monoisotopic (exact) mass is 262 g/mol. The average molecular weight is 262 g/mol. The van der Waals surface area contributed by atoms with Crippen LogP contribution in [0.1, 0.15) is 17.2 Å². The summed E-state index contributed by atoms with van der Waals surface area (Å²) in [5.41, 5.74) is 7.40. The number of methoxy groups -OCH3 is 2. The maximum absolute atomic E-state index is 13.4. The summed E-state index contributed by atoms with van der Waals surface area (Å²) in [5.74, 6) is 0.579. The third-order valence-electron chi connectivity index (χ3n) is 2.86. The summed E-state index contributed by atoms with van der Waals surface area (Å²) in [6.07, 6.45) is 1.61. The molecule has 0 aliphatic carbocycles. The molecule has 0 saturated heterocycles. The van der Waals surface area contributed by atoms with Crippen molar-refractivity contribution in [3.05, 3.63) is 53.5 Å². The fraction of sp³-hybridized carbons (Fsp3) is 0.214. The van der Waals surface area contributed by atoms with E-state index in [1.54, 1.807) is 24.4 Å². The van der Waals surface area contributed by atoms with Gasteiger partial charge in [0.05, 0.1) is 20.3 Å². The first-order valence-electron chi connectivity index (χ1n) is 5.75. The van der Waals surface area contributed by atoms with E-state index in [2.05, 4.69) is 4.98 Å². The number of aromatic nitrogens is 1. The molecule has 5 heteroatoms. The Labute approximate surface area is 111 Å². The molecule has 100 valence electrons. The van der Waals surface area contributed by atoms with E-state index in [1.165, 1.54) is 26.4 Å². The van der Waals surface area contributed by atoms with E-state index in [9.17, 15) is 4.39 Å². The van der Waals surface area contributed by atoms with Crippen LogP contribution in [0.25, 0.3) is 0 Å². The van der Waals surface area contributed by atoms with Crippen molar-refractivity contribution in [1.82, 2.24) is 4.98 Å². The van der Waals surface area contributed by atoms with Gasteiger partial charge in [-0.3, -0.25) is 0 Å². The van der Waals surface area contributed by atoms with Crippen LogP contribution in [0.5, 0.6) is 11.6 Å². The highest BCUT2D eigenvalue weighted by molar-refractivity contribution is 5.44. The third-order valence-corrected chi connectivity index (χ3v) is 2.86. The summed E-state index contributed by atoms with van der Waals surface area (Å²) in [5, 5.41) is 0. The van der Waals surface area contributed by atoms with Gasteiger partial charge in [0.1, 0.15) is 11.6 Å². The Morgan fingerprint density at radius 1 is 1.16 bits per heavy atom. The van der Waals surface area contributed by atoms with E-state index in [4.69, 9.17) is 15.2 Å². The summed E-state index contributed by atoms with van der Waals surface area (Å²) in [7, 11) is 3.03. The predicted molar refractivity (Wildman–Crippen MR) is 69.8 cm³/mol. The molecule has 0 fully saturated rings. The molecule has 1 aromatic carbocycles. The molecule has 1 aromatic heterocycles. The molecule has 1 unspecified atom stereocenters. The smallest absolute Gasteiger partial charge is 0.218 e. The van der Waals surface area contributed by atoms with Crippen LogP contribution in [0.15, 0.2) is 36.5 Å². The second-order valence-electron chi connectivity index (χ2n) is 3.97. The summed E-state index contributed by atoms with van der Waals surface area (Å²) in [6.45, 7) is 0. The second-order valence-corrected chi connectivity index (χ2v) is 3.97. The highest BCUT2D eigenvalue weighted by Gasteiger charge is 2.19. The van der Waals surface area contributed by atoms with Gasteiger partial charge in [-0.05, 0) is 24.3 Å². The fourth-order valence-electron chi connectivity index (χ4n) is 1.93. The molecule has 0 aliphatic rings. The van der Waals surface area contributed by atoms with Crippen molar-refractivity contribution < 1.29 is 13.9 Å². The molecular formula is C14H15FN2O2. The number of nitrogens with zero attached hydrogens (tertiary/aromatic N) is 1. The summed E-state index contributed by atoms with van der Waals surface area (Å²) >= 11 is 0. The van der Waals surface area contributed by atoms with Gasteiger partial charge in [-0.1, -0.05) is 6.07 Å². The lowest BCUT2D eigenvalue weighted by atomic mass is 9.99. The largest absolute Gasteiger partial charge is 0.496 e. The first kappa shape index (κ1) is 13.3. The van der Waals surface area contributed by atoms with Gasteiger partial charge in [0.15, 0.2) is 0 Å². The van der Waals surface area contributed by atoms with E-state index in [-0.39, 0.29) is 5.82 Å². The summed E-state index contributed by atoms with van der Waals surface area (Å²) < 4.78 is 23.8. The first-order chi connectivity index (χ1) is 9.17. The molecule has 0 spiro atoms. The van der Waals surface area contributed by atoms with Gasteiger partial charge in [-0.25, -0.2) is 9.37 Å². The molecule has 0 bridgehead atoms. The predicted octanol–water partition coefficient (Wildman–Crippen LogP) is 2.29. The van der Waals surface area contributed by atoms with E-state index >= 15 is 0 Å². The Hall–Kier alpha value is -2.14. The zero-order chi connectivity index (χ0) is 13.8. The number of hydrogen-bond donors (Lipinski definition) is 1. The summed E-state index contributed by atoms with van der Waals surface area (Å²) in [4.78, 5) is 4.08. The Balaban J connectivity index is 2.49. The van der Waals surface area contributed by atoms with Crippen molar-refractivity contribution >= 4 is 0 Å². The number of nitrogens with two attached hydrogens (primary N) is 1. The minimum Gasteiger partial charge on any atom is -0.496 e. The topological polar surface area (TPSA) is 57.4 Å². The number of rotatable bonds is 4. The van der Waals surface area contributed by atoms with Crippen LogP contribution < -0.4 is 15.2 Å². The molecule has 0 radical (unpaired) electrons. The molecule has 1 heterocycles. The van der Waals surface area contributed by atoms with Crippen molar-refractivity contribution in [2.45, 2.75) is 6.04 Å². The molecule has 0 saturated carbocycles. The maximum atomic E-state index is 13.4. The standard InChI is InChI=1S/C14H15FN2O2/c1-18-12-6-5-9(15)8-11(12)13(16)10-4-3-7-17-14(10)19-2/h3-8,13H,16H2,1-2H3. The van der Waals surface area contributed by atoms with Crippen molar-refractivity contribution in [3.63, 3.8) is 0 Å². The van der Waals surface area contributed by atoms with Gasteiger partial charge in [0, 0.05) is 17.3 Å². The first-order valence-corrected chi connectivity index (χ1v) is 5.75. The Morgan fingerprint density at radius 3 is 2.63 bits per heavy atom. The van der Waals surface area contributed by atoms with E-state index in [0.29, 0.717) is 22.8 Å². The third kappa shape index (κ3) is 2.66. The molecule has 2 aromatic rings. The minimum atomic E-state index is -0.575. The molecule has 19 heavy (non-hydrogen) atoms. The van der Waals surface area contributed by atoms with Crippen LogP contribution >= 0.6 is 0 Å². The van der Waals surface area contributed by atoms with Gasteiger partial charge in [0.25, 0.3) is 0 Å². The summed E-state index contributed by atoms with van der Waals surface area (Å²) in [6, 6.07) is 7.21. The molecule has 4 nitrogen and oxygen atoms in total. The Morgan fingerprint density at radius 2 is 1.95 bits per heavy atom. The van der Waals surface area contributed by atoms with Crippen molar-refractivity contribution in [1.29, 1.82) is 0 Å². The van der Waals surface area contributed by atoms with E-state index in [0.717, 1.165) is 0 Å². The number of halogens is 1. The van der Waals surface area contributed by atoms with Crippen molar-refractivity contribution in [3.8, 4) is 11.6 Å². The average Bonchev–Trinajstić information content (AvgIpc) is 2.46. The molecular weight excluding hydrogens is 247 g/mol. The van der Waals surface area contributed by atoms with Gasteiger partial charge < -0.3 is 15.2 Å². The minimum absolute atomic E-state index is 0.367. The molecule has 2 N–H and O–H groups in total. The highest BCUT2D eigenvalue weighted by Crippen LogP contribution is 2.32. The quantitative estimate of drug-likeness (QED) is 0.918. The van der Waals surface area contributed by atoms with Crippen LogP contribution in [0, 0.1) is 5.82 Å². The number of ether oxygens (including phenoxy) is 2. The Kier molecular flexibility index (Phi) is 3.97. The molecule has 0 aliphatic heterocycles. The van der Waals surface area contributed by atoms with Crippen molar-refractivity contribution in [2.24, 2.45) is 5.73 Å². The van der Waals surface area contributed by atoms with Crippen LogP contribution in [0.2, 0.25) is 0 Å². The second kappa shape index (κ2) is 5.67. The Bertz CT molecular complexity index is 575. The molecule has 0 amide bonds. The number of benzene rings is 1. The van der Waals surface area contributed by atoms with Gasteiger partial charge in [-0.15, -0.1) is 0 Å². The SMILES string of the molecule is COc1ccc(F)cc1C(N)c1cccnc1OC. The van der Waals surface area contributed by atoms with Gasteiger partial charge in [0.2, 0.25) is 5.88 Å². The van der Waals surface area contributed by atoms with Gasteiger partial charge >= 0.3 is 0 Å². The fourth-order valence-corrected chi connectivity index (χ4v) is 1.93.